The summed E-state index contributed by atoms with van der Waals surface area (Å²) >= 11 is 0. The average Bonchev–Trinajstić information content (AvgIpc) is 2.15. The van der Waals surface area contributed by atoms with Gasteiger partial charge in [-0.15, -0.1) is 0 Å². The number of nitrogens with two attached hydrogens (primary N) is 1. The summed E-state index contributed by atoms with van der Waals surface area (Å²) in [6, 6.07) is 4.80. The van der Waals surface area contributed by atoms with Crippen LogP contribution in [0.15, 0.2) is 18.2 Å². The van der Waals surface area contributed by atoms with E-state index in [9.17, 15) is 13.2 Å². The van der Waals surface area contributed by atoms with Gasteiger partial charge in [-0.2, -0.15) is 18.4 Å². The van der Waals surface area contributed by atoms with Crippen molar-refractivity contribution in [3.8, 4) is 6.07 Å². The Morgan fingerprint density at radius 1 is 1.36 bits per heavy atom. The molecule has 0 heterocycles. The van der Waals surface area contributed by atoms with Crippen LogP contribution in [0.5, 0.6) is 0 Å². The average molecular weight is 200 g/mol. The third-order valence-corrected chi connectivity index (χ3v) is 1.75. The highest BCUT2D eigenvalue weighted by Crippen LogP contribution is 2.31. The standard InChI is InChI=1S/C9H7F3N2/c10-9(11,12)8-2-1-6(4-13)3-7(8)5-14/h1-3H,4,13H2. The van der Waals surface area contributed by atoms with Crippen molar-refractivity contribution >= 4 is 0 Å². The number of halogens is 3. The second kappa shape index (κ2) is 3.68. The maximum Gasteiger partial charge on any atom is 0.417 e. The van der Waals surface area contributed by atoms with Crippen molar-refractivity contribution < 1.29 is 13.2 Å². The Labute approximate surface area is 78.8 Å². The third-order valence-electron chi connectivity index (χ3n) is 1.75. The zero-order valence-corrected chi connectivity index (χ0v) is 7.10. The van der Waals surface area contributed by atoms with Gasteiger partial charge in [0.05, 0.1) is 17.2 Å². The van der Waals surface area contributed by atoms with Crippen LogP contribution in [0.4, 0.5) is 13.2 Å². The third kappa shape index (κ3) is 2.03. The van der Waals surface area contributed by atoms with Gasteiger partial charge in [-0.25, -0.2) is 0 Å². The summed E-state index contributed by atoms with van der Waals surface area (Å²) in [4.78, 5) is 0. The van der Waals surface area contributed by atoms with Crippen LogP contribution in [0.2, 0.25) is 0 Å². The van der Waals surface area contributed by atoms with Gasteiger partial charge in [0.1, 0.15) is 0 Å². The first-order valence-corrected chi connectivity index (χ1v) is 3.79. The second-order valence-electron chi connectivity index (χ2n) is 2.69. The van der Waals surface area contributed by atoms with Crippen LogP contribution in [-0.4, -0.2) is 0 Å². The van der Waals surface area contributed by atoms with Crippen molar-refractivity contribution in [2.45, 2.75) is 12.7 Å². The Kier molecular flexibility index (Phi) is 2.77. The highest BCUT2D eigenvalue weighted by molar-refractivity contribution is 5.42. The number of hydrogen-bond acceptors (Lipinski definition) is 2. The van der Waals surface area contributed by atoms with E-state index in [4.69, 9.17) is 11.0 Å². The van der Waals surface area contributed by atoms with Gasteiger partial charge in [-0.1, -0.05) is 6.07 Å². The van der Waals surface area contributed by atoms with E-state index in [0.717, 1.165) is 12.1 Å². The van der Waals surface area contributed by atoms with Crippen LogP contribution in [0, 0.1) is 11.3 Å². The fourth-order valence-corrected chi connectivity index (χ4v) is 1.06. The van der Waals surface area contributed by atoms with Gasteiger partial charge in [-0.3, -0.25) is 0 Å². The first kappa shape index (κ1) is 10.5. The molecule has 0 aliphatic carbocycles. The molecule has 0 aliphatic rings. The Morgan fingerprint density at radius 3 is 2.43 bits per heavy atom. The molecule has 0 radical (unpaired) electrons. The number of nitriles is 1. The van der Waals surface area contributed by atoms with Gasteiger partial charge in [0, 0.05) is 6.54 Å². The largest absolute Gasteiger partial charge is 0.417 e. The first-order valence-electron chi connectivity index (χ1n) is 3.79. The molecule has 0 bridgehead atoms. The molecule has 14 heavy (non-hydrogen) atoms. The normalized spacial score (nSPS) is 11.1. The predicted molar refractivity (Wildman–Crippen MR) is 44.1 cm³/mol. The Bertz CT molecular complexity index is 377. The molecule has 0 aliphatic heterocycles. The molecule has 5 heteroatoms. The second-order valence-corrected chi connectivity index (χ2v) is 2.69. The SMILES string of the molecule is N#Cc1cc(CN)ccc1C(F)(F)F. The number of rotatable bonds is 1. The van der Waals surface area contributed by atoms with Crippen LogP contribution in [0.1, 0.15) is 16.7 Å². The van der Waals surface area contributed by atoms with Crippen LogP contribution in [0.25, 0.3) is 0 Å². The molecule has 0 aromatic heterocycles. The zero-order chi connectivity index (χ0) is 10.8. The maximum absolute atomic E-state index is 12.3. The molecule has 1 aromatic rings. The van der Waals surface area contributed by atoms with Gasteiger partial charge < -0.3 is 5.73 Å². The van der Waals surface area contributed by atoms with Gasteiger partial charge in [0.2, 0.25) is 0 Å². The summed E-state index contributed by atoms with van der Waals surface area (Å²) in [5, 5.41) is 8.51. The molecule has 1 aromatic carbocycles. The summed E-state index contributed by atoms with van der Waals surface area (Å²) in [6.45, 7) is 0.118. The molecular weight excluding hydrogens is 193 g/mol. The minimum atomic E-state index is -4.49. The van der Waals surface area contributed by atoms with E-state index < -0.39 is 11.7 Å². The van der Waals surface area contributed by atoms with Crippen molar-refractivity contribution in [1.82, 2.24) is 0 Å². The van der Waals surface area contributed by atoms with E-state index in [1.54, 1.807) is 0 Å². The summed E-state index contributed by atoms with van der Waals surface area (Å²) < 4.78 is 36.9. The van der Waals surface area contributed by atoms with E-state index >= 15 is 0 Å². The summed E-state index contributed by atoms with van der Waals surface area (Å²) in [6.07, 6.45) is -4.49. The lowest BCUT2D eigenvalue weighted by Gasteiger charge is -2.09. The minimum Gasteiger partial charge on any atom is -0.326 e. The molecule has 0 amide bonds. The Balaban J connectivity index is 3.28. The van der Waals surface area contributed by atoms with E-state index in [1.807, 2.05) is 0 Å². The predicted octanol–water partition coefficient (Wildman–Crippen LogP) is 2.04. The lowest BCUT2D eigenvalue weighted by molar-refractivity contribution is -0.137. The van der Waals surface area contributed by atoms with E-state index in [0.29, 0.717) is 5.56 Å². The Hall–Kier alpha value is -1.54. The molecule has 0 fully saturated rings. The summed E-state index contributed by atoms with van der Waals surface area (Å²) in [5.41, 5.74) is 4.44. The van der Waals surface area contributed by atoms with Crippen LogP contribution >= 0.6 is 0 Å². The van der Waals surface area contributed by atoms with Crippen molar-refractivity contribution in [2.24, 2.45) is 5.73 Å². The van der Waals surface area contributed by atoms with Crippen LogP contribution in [-0.2, 0) is 12.7 Å². The molecule has 1 rings (SSSR count). The number of hydrogen-bond donors (Lipinski definition) is 1. The fraction of sp³-hybridized carbons (Fsp3) is 0.222. The minimum absolute atomic E-state index is 0.118. The van der Waals surface area contributed by atoms with Crippen LogP contribution < -0.4 is 5.73 Å². The van der Waals surface area contributed by atoms with Crippen molar-refractivity contribution in [1.29, 1.82) is 5.26 Å². The van der Waals surface area contributed by atoms with Gasteiger partial charge in [0.15, 0.2) is 0 Å². The van der Waals surface area contributed by atoms with Crippen molar-refractivity contribution in [2.75, 3.05) is 0 Å². The smallest absolute Gasteiger partial charge is 0.326 e. The fourth-order valence-electron chi connectivity index (χ4n) is 1.06. The number of benzene rings is 1. The first-order chi connectivity index (χ1) is 6.49. The zero-order valence-electron chi connectivity index (χ0n) is 7.10. The molecule has 74 valence electrons. The molecule has 2 nitrogen and oxygen atoms in total. The van der Waals surface area contributed by atoms with E-state index in [2.05, 4.69) is 0 Å². The topological polar surface area (TPSA) is 49.8 Å². The van der Waals surface area contributed by atoms with Gasteiger partial charge >= 0.3 is 6.18 Å². The number of alkyl halides is 3. The maximum atomic E-state index is 12.3. The monoisotopic (exact) mass is 200 g/mol. The quantitative estimate of drug-likeness (QED) is 0.754. The lowest BCUT2D eigenvalue weighted by atomic mass is 10.0. The summed E-state index contributed by atoms with van der Waals surface area (Å²) in [7, 11) is 0. The molecular formula is C9H7F3N2. The van der Waals surface area contributed by atoms with Gasteiger partial charge in [-0.05, 0) is 17.7 Å². The Morgan fingerprint density at radius 2 is 2.00 bits per heavy atom. The highest BCUT2D eigenvalue weighted by Gasteiger charge is 2.33. The van der Waals surface area contributed by atoms with Gasteiger partial charge in [0.25, 0.3) is 0 Å². The van der Waals surface area contributed by atoms with Crippen molar-refractivity contribution in [3.63, 3.8) is 0 Å². The molecule has 0 unspecified atom stereocenters. The van der Waals surface area contributed by atoms with E-state index in [1.165, 1.54) is 12.1 Å². The molecule has 0 atom stereocenters. The van der Waals surface area contributed by atoms with Crippen LogP contribution in [0.3, 0.4) is 0 Å². The summed E-state index contributed by atoms with van der Waals surface area (Å²) in [5.74, 6) is 0. The van der Waals surface area contributed by atoms with E-state index in [-0.39, 0.29) is 12.1 Å². The highest BCUT2D eigenvalue weighted by atomic mass is 19.4. The number of nitrogens with zero attached hydrogens (tertiary/aromatic N) is 1. The van der Waals surface area contributed by atoms with Crippen molar-refractivity contribution in [3.05, 3.63) is 34.9 Å². The molecule has 2 N–H and O–H groups in total. The molecule has 0 saturated heterocycles. The molecule has 0 saturated carbocycles. The lowest BCUT2D eigenvalue weighted by Crippen LogP contribution is -2.08. The molecule has 0 spiro atoms.